The monoisotopic (exact) mass is 470 g/mol. The maximum Gasteiger partial charge on any atom is 0.253 e. The Kier molecular flexibility index (Phi) is 7.10. The van der Waals surface area contributed by atoms with Crippen molar-refractivity contribution in [3.63, 3.8) is 0 Å². The third-order valence-corrected chi connectivity index (χ3v) is 6.08. The molecule has 0 aliphatic rings. The summed E-state index contributed by atoms with van der Waals surface area (Å²) in [5.41, 5.74) is 6.21. The second-order valence-corrected chi connectivity index (χ2v) is 8.69. The van der Waals surface area contributed by atoms with Crippen LogP contribution in [-0.2, 0) is 17.9 Å². The van der Waals surface area contributed by atoms with Crippen molar-refractivity contribution in [1.29, 1.82) is 0 Å². The summed E-state index contributed by atoms with van der Waals surface area (Å²) in [6.07, 6.45) is 5.49. The van der Waals surface area contributed by atoms with E-state index >= 15 is 0 Å². The highest BCUT2D eigenvalue weighted by molar-refractivity contribution is 5.97. The van der Waals surface area contributed by atoms with E-state index in [4.69, 9.17) is 5.10 Å². The Morgan fingerprint density at radius 1 is 1.06 bits per heavy atom. The van der Waals surface area contributed by atoms with E-state index in [0.29, 0.717) is 30.8 Å². The highest BCUT2D eigenvalue weighted by Crippen LogP contribution is 2.22. The molecule has 0 aliphatic carbocycles. The van der Waals surface area contributed by atoms with Crippen LogP contribution in [-0.4, -0.2) is 43.1 Å². The van der Waals surface area contributed by atoms with Gasteiger partial charge in [-0.2, -0.15) is 5.10 Å². The molecule has 8 heteroatoms. The van der Waals surface area contributed by atoms with Crippen molar-refractivity contribution in [3.8, 4) is 5.69 Å². The van der Waals surface area contributed by atoms with Gasteiger partial charge in [0.15, 0.2) is 0 Å². The standard InChI is InChI=1S/C27H30N6O2/c1-19-8-5-6-11-25(19)33-21(3)24(20(2)30-33)17-31(4)27(35)22-9-7-10-23(16-22)29-26(34)12-14-32-15-13-28-18-32/h5-11,13,15-16,18H,12,14,17H2,1-4H3,(H,29,34). The molecule has 35 heavy (non-hydrogen) atoms. The molecule has 0 saturated heterocycles. The third-order valence-electron chi connectivity index (χ3n) is 6.08. The largest absolute Gasteiger partial charge is 0.337 e. The summed E-state index contributed by atoms with van der Waals surface area (Å²) < 4.78 is 3.79. The molecular weight excluding hydrogens is 440 g/mol. The minimum Gasteiger partial charge on any atom is -0.337 e. The number of amides is 2. The van der Waals surface area contributed by atoms with Gasteiger partial charge in [0.05, 0.1) is 17.7 Å². The SMILES string of the molecule is Cc1ccccc1-n1nc(C)c(CN(C)C(=O)c2cccc(NC(=O)CCn3ccnc3)c2)c1C. The van der Waals surface area contributed by atoms with Gasteiger partial charge in [0.2, 0.25) is 5.91 Å². The average molecular weight is 471 g/mol. The number of nitrogens with one attached hydrogen (secondary N) is 1. The van der Waals surface area contributed by atoms with Gasteiger partial charge in [-0.3, -0.25) is 9.59 Å². The number of hydrogen-bond donors (Lipinski definition) is 1. The van der Waals surface area contributed by atoms with Gasteiger partial charge in [0, 0.05) is 61.5 Å². The molecule has 0 bridgehead atoms. The topological polar surface area (TPSA) is 85.0 Å². The van der Waals surface area contributed by atoms with E-state index < -0.39 is 0 Å². The molecule has 2 aromatic carbocycles. The highest BCUT2D eigenvalue weighted by Gasteiger charge is 2.19. The lowest BCUT2D eigenvalue weighted by Crippen LogP contribution is -2.27. The van der Waals surface area contributed by atoms with Gasteiger partial charge in [-0.1, -0.05) is 24.3 Å². The number of para-hydroxylation sites is 1. The molecule has 180 valence electrons. The number of carbonyl (C=O) groups is 2. The quantitative estimate of drug-likeness (QED) is 0.416. The minimum absolute atomic E-state index is 0.119. The van der Waals surface area contributed by atoms with E-state index in [2.05, 4.69) is 23.3 Å². The molecule has 0 fully saturated rings. The Labute approximate surface area is 205 Å². The minimum atomic E-state index is -0.123. The lowest BCUT2D eigenvalue weighted by Gasteiger charge is -2.18. The van der Waals surface area contributed by atoms with Crippen LogP contribution in [0.1, 0.15) is 39.3 Å². The Hall–Kier alpha value is -4.20. The Bertz CT molecular complexity index is 1340. The molecule has 0 aliphatic heterocycles. The lowest BCUT2D eigenvalue weighted by atomic mass is 10.1. The number of anilines is 1. The zero-order valence-electron chi connectivity index (χ0n) is 20.5. The first-order chi connectivity index (χ1) is 16.8. The second-order valence-electron chi connectivity index (χ2n) is 8.69. The van der Waals surface area contributed by atoms with Crippen LogP contribution in [0.15, 0.2) is 67.3 Å². The Morgan fingerprint density at radius 2 is 1.86 bits per heavy atom. The summed E-state index contributed by atoms with van der Waals surface area (Å²) in [5.74, 6) is -0.242. The number of rotatable bonds is 8. The Balaban J connectivity index is 1.44. The van der Waals surface area contributed by atoms with Gasteiger partial charge in [-0.15, -0.1) is 0 Å². The highest BCUT2D eigenvalue weighted by atomic mass is 16.2. The average Bonchev–Trinajstić information content (AvgIpc) is 3.46. The van der Waals surface area contributed by atoms with Gasteiger partial charge in [-0.25, -0.2) is 9.67 Å². The summed E-state index contributed by atoms with van der Waals surface area (Å²) in [6, 6.07) is 15.1. The lowest BCUT2D eigenvalue weighted by molar-refractivity contribution is -0.116. The number of carbonyl (C=O) groups excluding carboxylic acids is 2. The van der Waals surface area contributed by atoms with E-state index in [-0.39, 0.29) is 11.8 Å². The predicted octanol–water partition coefficient (Wildman–Crippen LogP) is 4.30. The fourth-order valence-electron chi connectivity index (χ4n) is 4.07. The van der Waals surface area contributed by atoms with Crippen LogP contribution in [0.5, 0.6) is 0 Å². The summed E-state index contributed by atoms with van der Waals surface area (Å²) in [7, 11) is 1.78. The van der Waals surface area contributed by atoms with Crippen LogP contribution in [0, 0.1) is 20.8 Å². The molecule has 4 rings (SSSR count). The van der Waals surface area contributed by atoms with Gasteiger partial charge in [0.1, 0.15) is 0 Å². The summed E-state index contributed by atoms with van der Waals surface area (Å²) in [5, 5.41) is 7.61. The van der Waals surface area contributed by atoms with Crippen LogP contribution in [0.4, 0.5) is 5.69 Å². The predicted molar refractivity (Wildman–Crippen MR) is 135 cm³/mol. The summed E-state index contributed by atoms with van der Waals surface area (Å²) >= 11 is 0. The molecule has 0 saturated carbocycles. The van der Waals surface area contributed by atoms with E-state index in [9.17, 15) is 9.59 Å². The Morgan fingerprint density at radius 3 is 2.60 bits per heavy atom. The van der Waals surface area contributed by atoms with E-state index in [1.165, 1.54) is 0 Å². The van der Waals surface area contributed by atoms with Gasteiger partial charge < -0.3 is 14.8 Å². The van der Waals surface area contributed by atoms with Crippen molar-refractivity contribution in [2.24, 2.45) is 0 Å². The molecule has 0 spiro atoms. The molecule has 0 atom stereocenters. The fourth-order valence-corrected chi connectivity index (χ4v) is 4.07. The van der Waals surface area contributed by atoms with Crippen LogP contribution in [0.3, 0.4) is 0 Å². The smallest absolute Gasteiger partial charge is 0.253 e. The van der Waals surface area contributed by atoms with Crippen LogP contribution in [0.2, 0.25) is 0 Å². The summed E-state index contributed by atoms with van der Waals surface area (Å²) in [4.78, 5) is 31.2. The molecule has 2 heterocycles. The van der Waals surface area contributed by atoms with E-state index in [1.807, 2.05) is 47.5 Å². The first-order valence-electron chi connectivity index (χ1n) is 11.6. The van der Waals surface area contributed by atoms with Gasteiger partial charge >= 0.3 is 0 Å². The normalized spacial score (nSPS) is 10.9. The molecule has 4 aromatic rings. The summed E-state index contributed by atoms with van der Waals surface area (Å²) in [6.45, 7) is 7.03. The molecule has 0 radical (unpaired) electrons. The van der Waals surface area contributed by atoms with Gasteiger partial charge in [0.25, 0.3) is 5.91 Å². The molecule has 0 unspecified atom stereocenters. The second kappa shape index (κ2) is 10.4. The molecule has 8 nitrogen and oxygen atoms in total. The van der Waals surface area contributed by atoms with Crippen LogP contribution in [0.25, 0.3) is 5.69 Å². The zero-order valence-corrected chi connectivity index (χ0v) is 20.5. The van der Waals surface area contributed by atoms with Crippen molar-refractivity contribution < 1.29 is 9.59 Å². The first kappa shape index (κ1) is 23.9. The number of imidazole rings is 1. The van der Waals surface area contributed by atoms with Crippen molar-refractivity contribution in [2.75, 3.05) is 12.4 Å². The maximum absolute atomic E-state index is 13.2. The first-order valence-corrected chi connectivity index (χ1v) is 11.6. The number of aryl methyl sites for hydroxylation is 3. The van der Waals surface area contributed by atoms with Crippen molar-refractivity contribution in [2.45, 2.75) is 40.3 Å². The number of aromatic nitrogens is 4. The van der Waals surface area contributed by atoms with Crippen molar-refractivity contribution >= 4 is 17.5 Å². The van der Waals surface area contributed by atoms with E-state index in [0.717, 1.165) is 28.2 Å². The van der Waals surface area contributed by atoms with Crippen LogP contribution < -0.4 is 5.32 Å². The van der Waals surface area contributed by atoms with E-state index in [1.54, 1.807) is 48.7 Å². The van der Waals surface area contributed by atoms with Crippen molar-refractivity contribution in [3.05, 3.63) is 95.3 Å². The molecule has 1 N–H and O–H groups in total. The third kappa shape index (κ3) is 5.48. The maximum atomic E-state index is 13.2. The van der Waals surface area contributed by atoms with Gasteiger partial charge in [-0.05, 0) is 50.6 Å². The molecule has 2 aromatic heterocycles. The number of benzene rings is 2. The number of hydrogen-bond acceptors (Lipinski definition) is 4. The molecule has 2 amide bonds. The number of nitrogens with zero attached hydrogens (tertiary/aromatic N) is 5. The fraction of sp³-hybridized carbons (Fsp3) is 0.259. The molecular formula is C27H30N6O2. The zero-order chi connectivity index (χ0) is 24.9. The van der Waals surface area contributed by atoms with Crippen molar-refractivity contribution in [1.82, 2.24) is 24.2 Å². The van der Waals surface area contributed by atoms with Crippen LogP contribution >= 0.6 is 0 Å².